The van der Waals surface area contributed by atoms with Crippen molar-refractivity contribution in [3.05, 3.63) is 99.3 Å². The largest absolute Gasteiger partial charge is 0.508 e. The highest BCUT2D eigenvalue weighted by atomic mass is 79.9. The van der Waals surface area contributed by atoms with Crippen molar-refractivity contribution in [2.24, 2.45) is 4.99 Å². The van der Waals surface area contributed by atoms with Crippen molar-refractivity contribution in [2.75, 3.05) is 0 Å². The number of para-hydroxylation sites is 1. The Morgan fingerprint density at radius 1 is 1.10 bits per heavy atom. The number of phenols is 1. The second-order valence-corrected chi connectivity index (χ2v) is 8.04. The zero-order valence-electron chi connectivity index (χ0n) is 16.1. The van der Waals surface area contributed by atoms with Crippen LogP contribution in [-0.4, -0.2) is 10.8 Å². The summed E-state index contributed by atoms with van der Waals surface area (Å²) in [6.45, 7) is 2.13. The van der Waals surface area contributed by atoms with Crippen LogP contribution in [0.4, 0.5) is 4.39 Å². The Balaban J connectivity index is 1.75. The Morgan fingerprint density at radius 3 is 2.55 bits per heavy atom. The fraction of sp³-hybridized carbons (Fsp3) is 0.208. The molecule has 0 aromatic heterocycles. The first-order chi connectivity index (χ1) is 14.0. The lowest BCUT2D eigenvalue weighted by Gasteiger charge is -2.31. The number of aryl methyl sites for hydroxylation is 1. The van der Waals surface area contributed by atoms with Crippen molar-refractivity contribution in [3.8, 4) is 5.75 Å². The van der Waals surface area contributed by atoms with Gasteiger partial charge in [0.1, 0.15) is 17.7 Å². The summed E-state index contributed by atoms with van der Waals surface area (Å²) in [5.41, 5.74) is 5.00. The lowest BCUT2D eigenvalue weighted by molar-refractivity contribution is 0.412. The summed E-state index contributed by atoms with van der Waals surface area (Å²) in [6.07, 6.45) is 1.30. The van der Waals surface area contributed by atoms with E-state index in [1.165, 1.54) is 11.6 Å². The highest BCUT2D eigenvalue weighted by Crippen LogP contribution is 2.35. The van der Waals surface area contributed by atoms with Crippen LogP contribution in [0.15, 0.2) is 76.2 Å². The Bertz CT molecular complexity index is 1050. The molecule has 29 heavy (non-hydrogen) atoms. The summed E-state index contributed by atoms with van der Waals surface area (Å²) in [7, 11) is 0. The van der Waals surface area contributed by atoms with Gasteiger partial charge < -0.3 is 5.11 Å². The van der Waals surface area contributed by atoms with E-state index >= 15 is 0 Å². The van der Waals surface area contributed by atoms with Crippen molar-refractivity contribution in [1.82, 2.24) is 5.32 Å². The Kier molecular flexibility index (Phi) is 5.79. The van der Waals surface area contributed by atoms with Crippen molar-refractivity contribution in [1.29, 1.82) is 0 Å². The molecule has 2 N–H and O–H groups in total. The molecule has 0 amide bonds. The zero-order chi connectivity index (χ0) is 20.4. The van der Waals surface area contributed by atoms with Gasteiger partial charge in [0.2, 0.25) is 0 Å². The van der Waals surface area contributed by atoms with Crippen LogP contribution >= 0.6 is 15.9 Å². The number of phenolic OH excluding ortho intramolecular Hbond substituents is 1. The molecule has 0 radical (unpaired) electrons. The first kappa shape index (κ1) is 19.8. The van der Waals surface area contributed by atoms with E-state index in [-0.39, 0.29) is 23.8 Å². The average Bonchev–Trinajstić information content (AvgIpc) is 2.75. The minimum atomic E-state index is -0.342. The molecule has 1 aliphatic heterocycles. The van der Waals surface area contributed by atoms with Gasteiger partial charge >= 0.3 is 0 Å². The van der Waals surface area contributed by atoms with Gasteiger partial charge in [-0.3, -0.25) is 10.3 Å². The smallest absolute Gasteiger partial charge is 0.137 e. The van der Waals surface area contributed by atoms with Gasteiger partial charge in [-0.25, -0.2) is 4.39 Å². The summed E-state index contributed by atoms with van der Waals surface area (Å²) in [4.78, 5) is 4.93. The highest BCUT2D eigenvalue weighted by Gasteiger charge is 2.27. The molecule has 148 valence electrons. The number of nitrogens with zero attached hydrogens (tertiary/aromatic N) is 1. The van der Waals surface area contributed by atoms with Gasteiger partial charge in [0, 0.05) is 23.7 Å². The lowest BCUT2D eigenvalue weighted by Crippen LogP contribution is -2.33. The second kappa shape index (κ2) is 8.47. The molecule has 5 heteroatoms. The van der Waals surface area contributed by atoms with Gasteiger partial charge in [-0.1, -0.05) is 55.5 Å². The normalized spacial score (nSPS) is 19.1. The number of hydrogen-bond acceptors (Lipinski definition) is 3. The quantitative estimate of drug-likeness (QED) is 0.503. The van der Waals surface area contributed by atoms with E-state index in [9.17, 15) is 9.50 Å². The van der Waals surface area contributed by atoms with Crippen LogP contribution in [0.25, 0.3) is 0 Å². The first-order valence-corrected chi connectivity index (χ1v) is 10.5. The predicted octanol–water partition coefficient (Wildman–Crippen LogP) is 6.08. The number of aliphatic imine (C=N–C) groups is 1. The van der Waals surface area contributed by atoms with E-state index in [4.69, 9.17) is 4.99 Å². The molecule has 1 heterocycles. The molecule has 0 fully saturated rings. The van der Waals surface area contributed by atoms with E-state index in [1.54, 1.807) is 18.2 Å². The molecule has 0 spiro atoms. The summed E-state index contributed by atoms with van der Waals surface area (Å²) in [6, 6.07) is 20.6. The summed E-state index contributed by atoms with van der Waals surface area (Å²) < 4.78 is 14.1. The maximum atomic E-state index is 13.7. The molecule has 4 rings (SSSR count). The Hall–Kier alpha value is -2.50. The number of halogens is 2. The van der Waals surface area contributed by atoms with E-state index in [2.05, 4.69) is 52.4 Å². The maximum Gasteiger partial charge on any atom is 0.137 e. The molecule has 3 nitrogen and oxygen atoms in total. The molecule has 1 unspecified atom stereocenters. The topological polar surface area (TPSA) is 44.6 Å². The van der Waals surface area contributed by atoms with Gasteiger partial charge in [0.25, 0.3) is 0 Å². The Labute approximate surface area is 178 Å². The molecular weight excluding hydrogens is 431 g/mol. The number of nitrogens with one attached hydrogen (secondary N) is 1. The number of benzene rings is 3. The van der Waals surface area contributed by atoms with Crippen LogP contribution in [0.1, 0.15) is 47.8 Å². The zero-order valence-corrected chi connectivity index (χ0v) is 17.7. The van der Waals surface area contributed by atoms with Crippen molar-refractivity contribution in [3.63, 3.8) is 0 Å². The maximum absolute atomic E-state index is 13.7. The third kappa shape index (κ3) is 4.26. The standard InChI is InChI=1S/C24H22BrFN2O/c1-2-15-7-9-16(10-8-15)21-14-22(18-5-3-4-6-23(18)29)28-24(27-21)17-11-12-20(26)19(25)13-17/h3-13,22,24,28-29H,2,14H2,1H3/t22?,24-/m1/s1. The van der Waals surface area contributed by atoms with Crippen LogP contribution in [0, 0.1) is 5.82 Å². The first-order valence-electron chi connectivity index (χ1n) is 9.70. The highest BCUT2D eigenvalue weighted by molar-refractivity contribution is 9.10. The number of hydrogen-bond donors (Lipinski definition) is 2. The second-order valence-electron chi connectivity index (χ2n) is 7.18. The number of rotatable bonds is 4. The molecule has 0 saturated heterocycles. The van der Waals surface area contributed by atoms with E-state index in [0.29, 0.717) is 10.9 Å². The van der Waals surface area contributed by atoms with Crippen LogP contribution in [-0.2, 0) is 6.42 Å². The van der Waals surface area contributed by atoms with Crippen LogP contribution in [0.5, 0.6) is 5.75 Å². The molecule has 0 saturated carbocycles. The van der Waals surface area contributed by atoms with Crippen molar-refractivity contribution in [2.45, 2.75) is 32.0 Å². The molecule has 3 aromatic rings. The van der Waals surface area contributed by atoms with E-state index in [0.717, 1.165) is 28.8 Å². The fourth-order valence-corrected chi connectivity index (χ4v) is 4.05. The summed E-state index contributed by atoms with van der Waals surface area (Å²) in [5.74, 6) is -0.0483. The SMILES string of the molecule is CCc1ccc(C2=N[C@@H](c3ccc(F)c(Br)c3)NC(c3ccccc3O)C2)cc1. The Morgan fingerprint density at radius 2 is 1.86 bits per heavy atom. The van der Waals surface area contributed by atoms with Crippen molar-refractivity contribution < 1.29 is 9.50 Å². The minimum Gasteiger partial charge on any atom is -0.508 e. The van der Waals surface area contributed by atoms with Gasteiger partial charge in [-0.2, -0.15) is 0 Å². The summed E-state index contributed by atoms with van der Waals surface area (Å²) in [5, 5.41) is 13.9. The summed E-state index contributed by atoms with van der Waals surface area (Å²) >= 11 is 3.27. The average molecular weight is 453 g/mol. The minimum absolute atomic E-state index is 0.108. The van der Waals surface area contributed by atoms with Crippen LogP contribution in [0.3, 0.4) is 0 Å². The third-order valence-corrected chi connectivity index (χ3v) is 5.92. The monoisotopic (exact) mass is 452 g/mol. The fourth-order valence-electron chi connectivity index (χ4n) is 3.65. The third-order valence-electron chi connectivity index (χ3n) is 5.31. The molecule has 1 aliphatic rings. The molecule has 0 aliphatic carbocycles. The predicted molar refractivity (Wildman–Crippen MR) is 118 cm³/mol. The van der Waals surface area contributed by atoms with Crippen LogP contribution < -0.4 is 5.32 Å². The van der Waals surface area contributed by atoms with Gasteiger partial charge in [-0.15, -0.1) is 0 Å². The molecule has 3 aromatic carbocycles. The van der Waals surface area contributed by atoms with Gasteiger partial charge in [0.05, 0.1) is 4.47 Å². The van der Waals surface area contributed by atoms with Gasteiger partial charge in [-0.05, 0) is 57.2 Å². The number of aromatic hydroxyl groups is 1. The molecular formula is C24H22BrFN2O. The van der Waals surface area contributed by atoms with E-state index in [1.807, 2.05) is 18.2 Å². The van der Waals surface area contributed by atoms with Crippen molar-refractivity contribution >= 4 is 21.6 Å². The van der Waals surface area contributed by atoms with Crippen LogP contribution in [0.2, 0.25) is 0 Å². The lowest BCUT2D eigenvalue weighted by atomic mass is 9.93. The van der Waals surface area contributed by atoms with E-state index < -0.39 is 0 Å². The molecule has 0 bridgehead atoms. The molecule has 2 atom stereocenters. The van der Waals surface area contributed by atoms with Gasteiger partial charge in [0.15, 0.2) is 0 Å².